The molecule has 2 aliphatic carbocycles. The minimum absolute atomic E-state index is 0.105. The molecule has 0 radical (unpaired) electrons. The average Bonchev–Trinajstić information content (AvgIpc) is 3.45. The lowest BCUT2D eigenvalue weighted by molar-refractivity contribution is -0.123. The molecule has 1 N–H and O–H groups in total. The van der Waals surface area contributed by atoms with Crippen LogP contribution in [-0.2, 0) is 19.1 Å². The SMILES string of the molecule is Cc1c(Cl)cccc1NC(=O)COC(=O)c1ccc(N2C(=O)[C@@H]3[C@H]4C[C@@H]([C@H](Cl)[C@@H]4Cl)[C@@H]3C2=O)cc1. The van der Waals surface area contributed by atoms with Crippen LogP contribution in [0.2, 0.25) is 5.02 Å². The summed E-state index contributed by atoms with van der Waals surface area (Å²) in [5.41, 5.74) is 1.79. The Bertz CT molecular complexity index is 1200. The summed E-state index contributed by atoms with van der Waals surface area (Å²) in [5.74, 6) is -2.87. The number of rotatable bonds is 5. The van der Waals surface area contributed by atoms with Crippen molar-refractivity contribution < 1.29 is 23.9 Å². The molecule has 2 bridgehead atoms. The summed E-state index contributed by atoms with van der Waals surface area (Å²) in [6.07, 6.45) is 0.693. The van der Waals surface area contributed by atoms with Gasteiger partial charge < -0.3 is 10.1 Å². The highest BCUT2D eigenvalue weighted by atomic mass is 35.5. The number of fused-ring (bicyclic) bond motifs is 5. The number of imide groups is 1. The van der Waals surface area contributed by atoms with Crippen LogP contribution in [0.3, 0.4) is 0 Å². The Morgan fingerprint density at radius 2 is 1.60 bits per heavy atom. The predicted octanol–water partition coefficient (Wildman–Crippen LogP) is 4.41. The number of carbonyl (C=O) groups excluding carboxylic acids is 4. The third-order valence-corrected chi connectivity index (χ3v) is 8.95. The second-order valence-electron chi connectivity index (χ2n) is 9.10. The molecule has 3 fully saturated rings. The summed E-state index contributed by atoms with van der Waals surface area (Å²) < 4.78 is 5.10. The molecule has 1 heterocycles. The molecule has 0 spiro atoms. The monoisotopic (exact) mass is 534 g/mol. The number of nitrogens with one attached hydrogen (secondary N) is 1. The maximum Gasteiger partial charge on any atom is 0.338 e. The fraction of sp³-hybridized carbons (Fsp3) is 0.360. The first-order valence-electron chi connectivity index (χ1n) is 11.2. The van der Waals surface area contributed by atoms with E-state index in [0.717, 1.165) is 0 Å². The van der Waals surface area contributed by atoms with Crippen molar-refractivity contribution in [2.24, 2.45) is 23.7 Å². The number of halogens is 3. The maximum absolute atomic E-state index is 13.1. The van der Waals surface area contributed by atoms with Crippen molar-refractivity contribution in [2.75, 3.05) is 16.8 Å². The van der Waals surface area contributed by atoms with E-state index in [1.54, 1.807) is 25.1 Å². The van der Waals surface area contributed by atoms with E-state index in [9.17, 15) is 19.2 Å². The summed E-state index contributed by atoms with van der Waals surface area (Å²) in [6, 6.07) is 11.0. The number of benzene rings is 2. The number of alkyl halides is 2. The predicted molar refractivity (Wildman–Crippen MR) is 132 cm³/mol. The topological polar surface area (TPSA) is 92.8 Å². The first-order chi connectivity index (χ1) is 16.7. The molecule has 2 aromatic carbocycles. The van der Waals surface area contributed by atoms with Gasteiger partial charge in [0.05, 0.1) is 33.8 Å². The highest BCUT2D eigenvalue weighted by Gasteiger charge is 2.66. The lowest BCUT2D eigenvalue weighted by atomic mass is 9.80. The molecule has 10 heteroatoms. The fourth-order valence-corrected chi connectivity index (χ4v) is 6.56. The number of hydrogen-bond acceptors (Lipinski definition) is 5. The van der Waals surface area contributed by atoms with Crippen molar-refractivity contribution in [3.8, 4) is 0 Å². The number of carbonyl (C=O) groups is 4. The second-order valence-corrected chi connectivity index (χ2v) is 10.5. The summed E-state index contributed by atoms with van der Waals surface area (Å²) in [7, 11) is 0. The summed E-state index contributed by atoms with van der Waals surface area (Å²) >= 11 is 18.8. The lowest BCUT2D eigenvalue weighted by Crippen LogP contribution is -2.37. The van der Waals surface area contributed by atoms with Crippen LogP contribution in [-0.4, -0.2) is 41.1 Å². The van der Waals surface area contributed by atoms with Gasteiger partial charge in [0.2, 0.25) is 11.8 Å². The van der Waals surface area contributed by atoms with E-state index >= 15 is 0 Å². The average molecular weight is 536 g/mol. The van der Waals surface area contributed by atoms with Gasteiger partial charge in [-0.2, -0.15) is 0 Å². The van der Waals surface area contributed by atoms with Crippen LogP contribution >= 0.6 is 34.8 Å². The Kier molecular flexibility index (Phi) is 6.28. The molecule has 5 rings (SSSR count). The van der Waals surface area contributed by atoms with Crippen molar-refractivity contribution in [1.29, 1.82) is 0 Å². The van der Waals surface area contributed by atoms with Crippen molar-refractivity contribution in [1.82, 2.24) is 0 Å². The quantitative estimate of drug-likeness (QED) is 0.348. The molecule has 35 heavy (non-hydrogen) atoms. The molecule has 2 saturated carbocycles. The molecule has 0 unspecified atom stereocenters. The van der Waals surface area contributed by atoms with E-state index in [-0.39, 0.29) is 40.0 Å². The third kappa shape index (κ3) is 3.99. The van der Waals surface area contributed by atoms with Gasteiger partial charge in [-0.05, 0) is 67.1 Å². The van der Waals surface area contributed by atoms with Crippen LogP contribution in [0.5, 0.6) is 0 Å². The number of amides is 3. The number of nitrogens with zero attached hydrogens (tertiary/aromatic N) is 1. The van der Waals surface area contributed by atoms with Gasteiger partial charge in [-0.3, -0.25) is 19.3 Å². The zero-order valence-electron chi connectivity index (χ0n) is 18.5. The molecule has 1 saturated heterocycles. The minimum Gasteiger partial charge on any atom is -0.452 e. The van der Waals surface area contributed by atoms with E-state index in [1.165, 1.54) is 29.2 Å². The van der Waals surface area contributed by atoms with Crippen molar-refractivity contribution in [3.05, 3.63) is 58.6 Å². The van der Waals surface area contributed by atoms with Gasteiger partial charge >= 0.3 is 5.97 Å². The van der Waals surface area contributed by atoms with Gasteiger partial charge in [0.1, 0.15) is 0 Å². The summed E-state index contributed by atoms with van der Waals surface area (Å²) in [5, 5.41) is 2.52. The van der Waals surface area contributed by atoms with E-state index < -0.39 is 30.3 Å². The highest BCUT2D eigenvalue weighted by Crippen LogP contribution is 2.59. The first kappa shape index (κ1) is 24.1. The van der Waals surface area contributed by atoms with Gasteiger partial charge in [-0.25, -0.2) is 4.79 Å². The van der Waals surface area contributed by atoms with Crippen LogP contribution in [0, 0.1) is 30.6 Å². The van der Waals surface area contributed by atoms with E-state index in [0.29, 0.717) is 28.4 Å². The van der Waals surface area contributed by atoms with Crippen LogP contribution in [0.4, 0.5) is 11.4 Å². The zero-order chi connectivity index (χ0) is 25.0. The standard InChI is InChI=1S/C25H21Cl3N2O5/c1-11-16(26)3-2-4-17(11)29-18(31)10-35-25(34)12-5-7-13(8-6-12)30-23(32)19-14-9-15(20(19)24(30)33)22(28)21(14)27/h2-8,14-15,19-22H,9-10H2,1H3,(H,29,31)/t14-,15-,19-,20+,21-,22+/m1/s1. The molecule has 0 aromatic heterocycles. The highest BCUT2D eigenvalue weighted by molar-refractivity contribution is 6.32. The molecule has 6 atom stereocenters. The molecule has 7 nitrogen and oxygen atoms in total. The summed E-state index contributed by atoms with van der Waals surface area (Å²) in [4.78, 5) is 51.9. The second kappa shape index (κ2) is 9.12. The molecular formula is C25H21Cl3N2O5. The Morgan fingerprint density at radius 3 is 2.20 bits per heavy atom. The molecule has 3 amide bonds. The third-order valence-electron chi connectivity index (χ3n) is 7.22. The van der Waals surface area contributed by atoms with Gasteiger partial charge in [-0.1, -0.05) is 17.7 Å². The molecular weight excluding hydrogens is 515 g/mol. The molecule has 2 aromatic rings. The Morgan fingerprint density at radius 1 is 1.00 bits per heavy atom. The summed E-state index contributed by atoms with van der Waals surface area (Å²) in [6.45, 7) is 1.28. The normalized spacial score (nSPS) is 28.9. The number of anilines is 2. The maximum atomic E-state index is 13.1. The van der Waals surface area contributed by atoms with Gasteiger partial charge in [0.15, 0.2) is 6.61 Å². The Hall–Kier alpha value is -2.61. The first-order valence-corrected chi connectivity index (χ1v) is 12.4. The number of hydrogen-bond donors (Lipinski definition) is 1. The van der Waals surface area contributed by atoms with Crippen LogP contribution in [0.15, 0.2) is 42.5 Å². The van der Waals surface area contributed by atoms with Gasteiger partial charge in [0.25, 0.3) is 5.91 Å². The fourth-order valence-electron chi connectivity index (χ4n) is 5.49. The molecule has 1 aliphatic heterocycles. The van der Waals surface area contributed by atoms with Crippen molar-refractivity contribution in [2.45, 2.75) is 24.1 Å². The van der Waals surface area contributed by atoms with Crippen molar-refractivity contribution >= 4 is 69.9 Å². The van der Waals surface area contributed by atoms with E-state index in [1.807, 2.05) is 0 Å². The minimum atomic E-state index is -0.710. The molecule has 182 valence electrons. The van der Waals surface area contributed by atoms with E-state index in [2.05, 4.69) is 5.32 Å². The van der Waals surface area contributed by atoms with Gasteiger partial charge in [-0.15, -0.1) is 23.2 Å². The zero-order valence-corrected chi connectivity index (χ0v) is 20.8. The smallest absolute Gasteiger partial charge is 0.338 e. The Balaban J connectivity index is 1.22. The molecule has 3 aliphatic rings. The van der Waals surface area contributed by atoms with Crippen LogP contribution in [0.25, 0.3) is 0 Å². The van der Waals surface area contributed by atoms with Crippen LogP contribution < -0.4 is 10.2 Å². The van der Waals surface area contributed by atoms with Crippen molar-refractivity contribution in [3.63, 3.8) is 0 Å². The Labute approximate surface area is 216 Å². The van der Waals surface area contributed by atoms with E-state index in [4.69, 9.17) is 39.5 Å². The van der Waals surface area contributed by atoms with Gasteiger partial charge in [0, 0.05) is 10.7 Å². The lowest BCUT2D eigenvalue weighted by Gasteiger charge is -2.28. The number of esters is 1. The number of ether oxygens (including phenoxy) is 1. The largest absolute Gasteiger partial charge is 0.452 e. The van der Waals surface area contributed by atoms with Crippen LogP contribution in [0.1, 0.15) is 22.3 Å².